The molecule has 1 saturated heterocycles. The number of carbonyl (C=O) groups is 3. The molecule has 1 heterocycles. The minimum absolute atomic E-state index is 0.191. The molecule has 18 heavy (non-hydrogen) atoms. The van der Waals surface area contributed by atoms with Gasteiger partial charge < -0.3 is 15.8 Å². The van der Waals surface area contributed by atoms with Crippen LogP contribution < -0.4 is 11.1 Å². The van der Waals surface area contributed by atoms with Crippen LogP contribution in [0.5, 0.6) is 0 Å². The quantitative estimate of drug-likeness (QED) is 0.188. The molecule has 0 aromatic carbocycles. The summed E-state index contributed by atoms with van der Waals surface area (Å²) in [5, 5.41) is 13.5. The minimum Gasteiger partial charge on any atom is -0.409 e. The van der Waals surface area contributed by atoms with Gasteiger partial charge in [-0.05, 0) is 6.42 Å². The molecule has 1 fully saturated rings. The molecule has 0 aromatic rings. The topological polar surface area (TPSA) is 125 Å². The fraction of sp³-hybridized carbons (Fsp3) is 0.600. The smallest absolute Gasteiger partial charge is 0.246 e. The minimum atomic E-state index is -0.807. The Bertz CT molecular complexity index is 377. The molecule has 1 atom stereocenters. The average molecular weight is 256 g/mol. The Balaban J connectivity index is 2.82. The summed E-state index contributed by atoms with van der Waals surface area (Å²) in [6.45, 7) is 1.46. The Morgan fingerprint density at radius 1 is 1.50 bits per heavy atom. The molecule has 0 aromatic heterocycles. The van der Waals surface area contributed by atoms with E-state index in [1.54, 1.807) is 0 Å². The van der Waals surface area contributed by atoms with Crippen LogP contribution in [-0.4, -0.2) is 46.8 Å². The Morgan fingerprint density at radius 3 is 2.50 bits per heavy atom. The number of rotatable bonds is 4. The summed E-state index contributed by atoms with van der Waals surface area (Å²) in [6, 6.07) is 0. The van der Waals surface area contributed by atoms with Crippen LogP contribution in [-0.2, 0) is 14.4 Å². The molecule has 0 spiro atoms. The van der Waals surface area contributed by atoms with Gasteiger partial charge in [-0.2, -0.15) is 0 Å². The van der Waals surface area contributed by atoms with Crippen LogP contribution >= 0.6 is 0 Å². The molecule has 3 amide bonds. The van der Waals surface area contributed by atoms with Crippen molar-refractivity contribution in [3.63, 3.8) is 0 Å². The summed E-state index contributed by atoms with van der Waals surface area (Å²) in [5.41, 5.74) is 5.45. The SMILES string of the molecule is CCCC(C(=O)N1CC(=O)NC(=O)C1)C(N)=NO. The molecule has 0 aliphatic carbocycles. The number of oxime groups is 1. The lowest BCUT2D eigenvalue weighted by atomic mass is 10.0. The van der Waals surface area contributed by atoms with Gasteiger partial charge in [0.2, 0.25) is 17.7 Å². The highest BCUT2D eigenvalue weighted by Crippen LogP contribution is 2.12. The first kappa shape index (κ1) is 13.9. The maximum absolute atomic E-state index is 12.1. The van der Waals surface area contributed by atoms with Gasteiger partial charge in [0.25, 0.3) is 0 Å². The van der Waals surface area contributed by atoms with Crippen molar-refractivity contribution >= 4 is 23.6 Å². The van der Waals surface area contributed by atoms with Gasteiger partial charge >= 0.3 is 0 Å². The first-order valence-electron chi connectivity index (χ1n) is 5.58. The van der Waals surface area contributed by atoms with Crippen LogP contribution in [0.1, 0.15) is 19.8 Å². The Kier molecular flexibility index (Phi) is 4.64. The van der Waals surface area contributed by atoms with Gasteiger partial charge in [0, 0.05) is 0 Å². The lowest BCUT2D eigenvalue weighted by Gasteiger charge is -2.28. The Hall–Kier alpha value is -2.12. The summed E-state index contributed by atoms with van der Waals surface area (Å²) >= 11 is 0. The summed E-state index contributed by atoms with van der Waals surface area (Å²) < 4.78 is 0. The zero-order valence-electron chi connectivity index (χ0n) is 10.0. The standard InChI is InChI=1S/C10H16N4O4/c1-2-3-6(9(11)13-18)10(17)14-4-7(15)12-8(16)5-14/h6,18H,2-5H2,1H3,(H2,11,13)(H,12,15,16). The fourth-order valence-corrected chi connectivity index (χ4v) is 1.77. The second-order valence-electron chi connectivity index (χ2n) is 4.03. The fourth-order valence-electron chi connectivity index (χ4n) is 1.77. The van der Waals surface area contributed by atoms with Crippen LogP contribution in [0, 0.1) is 5.92 Å². The molecule has 8 heteroatoms. The monoisotopic (exact) mass is 256 g/mol. The third-order valence-electron chi connectivity index (χ3n) is 2.61. The zero-order chi connectivity index (χ0) is 13.7. The number of hydrogen-bond donors (Lipinski definition) is 3. The Labute approximate surface area is 104 Å². The number of hydrogen-bond acceptors (Lipinski definition) is 5. The molecule has 8 nitrogen and oxygen atoms in total. The largest absolute Gasteiger partial charge is 0.409 e. The van der Waals surface area contributed by atoms with Crippen molar-refractivity contribution in [3.05, 3.63) is 0 Å². The molecule has 100 valence electrons. The molecular weight excluding hydrogens is 240 g/mol. The molecular formula is C10H16N4O4. The average Bonchev–Trinajstić information content (AvgIpc) is 2.33. The van der Waals surface area contributed by atoms with Crippen LogP contribution in [0.25, 0.3) is 0 Å². The number of amidine groups is 1. The molecule has 0 saturated carbocycles. The summed E-state index contributed by atoms with van der Waals surface area (Å²) in [7, 11) is 0. The van der Waals surface area contributed by atoms with Gasteiger partial charge in [-0.3, -0.25) is 19.7 Å². The predicted molar refractivity (Wildman–Crippen MR) is 61.5 cm³/mol. The van der Waals surface area contributed by atoms with Crippen molar-refractivity contribution in [1.82, 2.24) is 10.2 Å². The second-order valence-corrected chi connectivity index (χ2v) is 4.03. The van der Waals surface area contributed by atoms with E-state index in [0.29, 0.717) is 12.8 Å². The van der Waals surface area contributed by atoms with Crippen molar-refractivity contribution in [2.75, 3.05) is 13.1 Å². The molecule has 0 bridgehead atoms. The van der Waals surface area contributed by atoms with E-state index in [2.05, 4.69) is 10.5 Å². The van der Waals surface area contributed by atoms with E-state index in [1.165, 1.54) is 0 Å². The van der Waals surface area contributed by atoms with E-state index in [0.717, 1.165) is 4.90 Å². The van der Waals surface area contributed by atoms with Crippen molar-refractivity contribution in [3.8, 4) is 0 Å². The van der Waals surface area contributed by atoms with Gasteiger partial charge in [0.1, 0.15) is 13.1 Å². The van der Waals surface area contributed by atoms with Crippen LogP contribution in [0.4, 0.5) is 0 Å². The third-order valence-corrected chi connectivity index (χ3v) is 2.61. The zero-order valence-corrected chi connectivity index (χ0v) is 10.0. The molecule has 1 aliphatic heterocycles. The number of piperazine rings is 1. The van der Waals surface area contributed by atoms with Crippen molar-refractivity contribution in [2.45, 2.75) is 19.8 Å². The third kappa shape index (κ3) is 3.19. The molecule has 4 N–H and O–H groups in total. The first-order valence-corrected chi connectivity index (χ1v) is 5.58. The van der Waals surface area contributed by atoms with E-state index in [9.17, 15) is 14.4 Å². The van der Waals surface area contributed by atoms with Crippen molar-refractivity contribution in [1.29, 1.82) is 0 Å². The van der Waals surface area contributed by atoms with E-state index in [4.69, 9.17) is 10.9 Å². The number of nitrogens with zero attached hydrogens (tertiary/aromatic N) is 2. The number of imide groups is 1. The summed E-state index contributed by atoms with van der Waals surface area (Å²) in [4.78, 5) is 35.6. The van der Waals surface area contributed by atoms with Gasteiger partial charge in [-0.1, -0.05) is 18.5 Å². The molecule has 1 rings (SSSR count). The van der Waals surface area contributed by atoms with Crippen LogP contribution in [0.3, 0.4) is 0 Å². The highest BCUT2D eigenvalue weighted by atomic mass is 16.4. The van der Waals surface area contributed by atoms with Crippen LogP contribution in [0.2, 0.25) is 0 Å². The maximum Gasteiger partial charge on any atom is 0.246 e. The lowest BCUT2D eigenvalue weighted by Crippen LogP contribution is -2.55. The van der Waals surface area contributed by atoms with E-state index >= 15 is 0 Å². The Morgan fingerprint density at radius 2 is 2.06 bits per heavy atom. The number of nitrogens with two attached hydrogens (primary N) is 1. The molecule has 1 unspecified atom stereocenters. The summed E-state index contributed by atoms with van der Waals surface area (Å²) in [6.07, 6.45) is 1.04. The summed E-state index contributed by atoms with van der Waals surface area (Å²) in [5.74, 6) is -2.56. The molecule has 1 aliphatic rings. The van der Waals surface area contributed by atoms with Crippen LogP contribution in [0.15, 0.2) is 5.16 Å². The lowest BCUT2D eigenvalue weighted by molar-refractivity contribution is -0.146. The number of nitrogens with one attached hydrogen (secondary N) is 1. The number of carbonyl (C=O) groups excluding carboxylic acids is 3. The van der Waals surface area contributed by atoms with Gasteiger partial charge in [-0.15, -0.1) is 0 Å². The number of amides is 3. The maximum atomic E-state index is 12.1. The van der Waals surface area contributed by atoms with E-state index in [-0.39, 0.29) is 18.9 Å². The molecule has 0 radical (unpaired) electrons. The predicted octanol–water partition coefficient (Wildman–Crippen LogP) is -1.37. The highest BCUT2D eigenvalue weighted by Gasteiger charge is 2.32. The van der Waals surface area contributed by atoms with Gasteiger partial charge in [0.15, 0.2) is 5.84 Å². The van der Waals surface area contributed by atoms with E-state index < -0.39 is 23.6 Å². The second kappa shape index (κ2) is 5.99. The highest BCUT2D eigenvalue weighted by molar-refractivity contribution is 6.07. The van der Waals surface area contributed by atoms with Crippen molar-refractivity contribution < 1.29 is 19.6 Å². The van der Waals surface area contributed by atoms with E-state index in [1.807, 2.05) is 6.92 Å². The van der Waals surface area contributed by atoms with Gasteiger partial charge in [-0.25, -0.2) is 0 Å². The van der Waals surface area contributed by atoms with Gasteiger partial charge in [0.05, 0.1) is 5.92 Å². The van der Waals surface area contributed by atoms with Crippen molar-refractivity contribution in [2.24, 2.45) is 16.8 Å². The normalized spacial score (nSPS) is 18.5. The first-order chi connectivity index (χ1) is 8.49.